The van der Waals surface area contributed by atoms with Crippen LogP contribution in [-0.4, -0.2) is 32.6 Å². The number of rotatable bonds is 5. The minimum Gasteiger partial charge on any atom is -0.465 e. The maximum Gasteiger partial charge on any atom is 0.340 e. The molecule has 0 bridgehead atoms. The van der Waals surface area contributed by atoms with Crippen LogP contribution in [0.5, 0.6) is 0 Å². The predicted molar refractivity (Wildman–Crippen MR) is 78.5 cm³/mol. The van der Waals surface area contributed by atoms with E-state index in [-0.39, 0.29) is 5.91 Å². The zero-order valence-electron chi connectivity index (χ0n) is 12.2. The van der Waals surface area contributed by atoms with E-state index in [1.807, 2.05) is 13.8 Å². The van der Waals surface area contributed by atoms with Gasteiger partial charge in [0, 0.05) is 25.0 Å². The summed E-state index contributed by atoms with van der Waals surface area (Å²) in [6.45, 7) is 4.09. The van der Waals surface area contributed by atoms with Gasteiger partial charge >= 0.3 is 5.97 Å². The van der Waals surface area contributed by atoms with E-state index in [4.69, 9.17) is 5.73 Å². The topological polar surface area (TPSA) is 93.5 Å². The Morgan fingerprint density at radius 3 is 2.55 bits per heavy atom. The van der Waals surface area contributed by atoms with Gasteiger partial charge in [-0.2, -0.15) is 0 Å². The molecule has 6 nitrogen and oxygen atoms in total. The first-order valence-corrected chi connectivity index (χ1v) is 6.25. The smallest absolute Gasteiger partial charge is 0.340 e. The Balaban J connectivity index is 2.84. The Morgan fingerprint density at radius 2 is 2.00 bits per heavy atom. The van der Waals surface area contributed by atoms with Gasteiger partial charge in [0.2, 0.25) is 5.91 Å². The second kappa shape index (κ2) is 6.27. The monoisotopic (exact) mass is 279 g/mol. The molecule has 6 heteroatoms. The Bertz CT molecular complexity index is 512. The minimum absolute atomic E-state index is 0.0614. The molecule has 20 heavy (non-hydrogen) atoms. The van der Waals surface area contributed by atoms with Gasteiger partial charge in [0.05, 0.1) is 18.1 Å². The summed E-state index contributed by atoms with van der Waals surface area (Å²) >= 11 is 0. The van der Waals surface area contributed by atoms with Crippen molar-refractivity contribution < 1.29 is 14.3 Å². The first-order chi connectivity index (χ1) is 9.31. The van der Waals surface area contributed by atoms with Crippen LogP contribution in [0.15, 0.2) is 18.2 Å². The summed E-state index contributed by atoms with van der Waals surface area (Å²) in [7, 11) is 2.90. The summed E-state index contributed by atoms with van der Waals surface area (Å²) in [4.78, 5) is 23.2. The van der Waals surface area contributed by atoms with Crippen LogP contribution in [0.1, 0.15) is 24.2 Å². The molecule has 1 amide bonds. The number of carbonyl (C=O) groups excluding carboxylic acids is 2. The van der Waals surface area contributed by atoms with Crippen LogP contribution in [0.2, 0.25) is 0 Å². The highest BCUT2D eigenvalue weighted by molar-refractivity contribution is 5.96. The quantitative estimate of drug-likeness (QED) is 0.557. The van der Waals surface area contributed by atoms with E-state index in [0.29, 0.717) is 23.5 Å². The highest BCUT2D eigenvalue weighted by Crippen LogP contribution is 2.21. The lowest BCUT2D eigenvalue weighted by molar-refractivity contribution is -0.128. The van der Waals surface area contributed by atoms with Crippen LogP contribution in [0.3, 0.4) is 0 Å². The van der Waals surface area contributed by atoms with Crippen LogP contribution < -0.4 is 16.4 Å². The lowest BCUT2D eigenvalue weighted by Crippen LogP contribution is -2.39. The number of amides is 1. The fourth-order valence-electron chi connectivity index (χ4n) is 1.69. The van der Waals surface area contributed by atoms with Gasteiger partial charge in [-0.1, -0.05) is 0 Å². The average molecular weight is 279 g/mol. The van der Waals surface area contributed by atoms with Crippen LogP contribution in [0.25, 0.3) is 0 Å². The maximum atomic E-state index is 11.7. The van der Waals surface area contributed by atoms with Gasteiger partial charge < -0.3 is 21.1 Å². The number of nitrogens with two attached hydrogens (primary N) is 1. The molecule has 0 fully saturated rings. The number of benzene rings is 1. The molecular formula is C14H21N3O3. The summed E-state index contributed by atoms with van der Waals surface area (Å²) in [5.74, 6) is -0.551. The molecular weight excluding hydrogens is 258 g/mol. The molecule has 0 radical (unpaired) electrons. The number of carbonyl (C=O) groups is 2. The molecule has 0 spiro atoms. The molecule has 0 atom stereocenters. The van der Waals surface area contributed by atoms with Gasteiger partial charge in [0.25, 0.3) is 0 Å². The van der Waals surface area contributed by atoms with Gasteiger partial charge in [0.15, 0.2) is 0 Å². The van der Waals surface area contributed by atoms with E-state index >= 15 is 0 Å². The van der Waals surface area contributed by atoms with Crippen molar-refractivity contribution in [3.8, 4) is 0 Å². The fourth-order valence-corrected chi connectivity index (χ4v) is 1.69. The maximum absolute atomic E-state index is 11.7. The zero-order chi connectivity index (χ0) is 15.3. The van der Waals surface area contributed by atoms with Gasteiger partial charge in [-0.3, -0.25) is 4.79 Å². The molecule has 1 rings (SSSR count). The number of nitrogen functional groups attached to an aromatic ring is 1. The summed E-state index contributed by atoms with van der Waals surface area (Å²) in [6, 6.07) is 4.99. The summed E-state index contributed by atoms with van der Waals surface area (Å²) in [5, 5.41) is 5.74. The van der Waals surface area contributed by atoms with Gasteiger partial charge in [0.1, 0.15) is 0 Å². The number of hydrogen-bond donors (Lipinski definition) is 3. The number of ether oxygens (including phenoxy) is 1. The second-order valence-electron chi connectivity index (χ2n) is 5.11. The largest absolute Gasteiger partial charge is 0.465 e. The van der Waals surface area contributed by atoms with Crippen molar-refractivity contribution in [3.63, 3.8) is 0 Å². The SMILES string of the molecule is CNC(=O)C(C)(C)CNc1ccc(N)c(C(=O)OC)c1. The third-order valence-corrected chi connectivity index (χ3v) is 3.03. The third-order valence-electron chi connectivity index (χ3n) is 3.03. The van der Waals surface area contributed by atoms with Crippen molar-refractivity contribution in [3.05, 3.63) is 23.8 Å². The van der Waals surface area contributed by atoms with E-state index in [1.165, 1.54) is 7.11 Å². The van der Waals surface area contributed by atoms with Crippen molar-refractivity contribution >= 4 is 23.3 Å². The Kier molecular flexibility index (Phi) is 4.96. The highest BCUT2D eigenvalue weighted by Gasteiger charge is 2.26. The van der Waals surface area contributed by atoms with E-state index in [2.05, 4.69) is 15.4 Å². The lowest BCUT2D eigenvalue weighted by Gasteiger charge is -2.23. The molecule has 0 aliphatic carbocycles. The molecule has 4 N–H and O–H groups in total. The third kappa shape index (κ3) is 3.63. The first-order valence-electron chi connectivity index (χ1n) is 6.25. The number of methoxy groups -OCH3 is 1. The number of hydrogen-bond acceptors (Lipinski definition) is 5. The molecule has 1 aromatic rings. The summed E-state index contributed by atoms with van der Waals surface area (Å²) < 4.78 is 4.66. The Hall–Kier alpha value is -2.24. The number of anilines is 2. The molecule has 0 aromatic heterocycles. The van der Waals surface area contributed by atoms with Gasteiger partial charge in [-0.15, -0.1) is 0 Å². The standard InChI is InChI=1S/C14H21N3O3/c1-14(2,13(19)16-3)8-17-9-5-6-11(15)10(7-9)12(18)20-4/h5-7,17H,8,15H2,1-4H3,(H,16,19). The summed E-state index contributed by atoms with van der Waals surface area (Å²) in [6.07, 6.45) is 0. The molecule has 0 unspecified atom stereocenters. The van der Waals surface area contributed by atoms with Crippen molar-refractivity contribution in [1.82, 2.24) is 5.32 Å². The van der Waals surface area contributed by atoms with Crippen molar-refractivity contribution in [2.75, 3.05) is 31.8 Å². The highest BCUT2D eigenvalue weighted by atomic mass is 16.5. The molecule has 0 aliphatic rings. The molecule has 110 valence electrons. The average Bonchev–Trinajstić information content (AvgIpc) is 2.44. The number of nitrogens with one attached hydrogen (secondary N) is 2. The molecule has 0 aliphatic heterocycles. The van der Waals surface area contributed by atoms with Gasteiger partial charge in [-0.25, -0.2) is 4.79 Å². The number of esters is 1. The fraction of sp³-hybridized carbons (Fsp3) is 0.429. The molecule has 0 saturated heterocycles. The Labute approximate surface area is 118 Å². The molecule has 0 heterocycles. The van der Waals surface area contributed by atoms with Crippen LogP contribution in [0.4, 0.5) is 11.4 Å². The zero-order valence-corrected chi connectivity index (χ0v) is 12.2. The van der Waals surface area contributed by atoms with Crippen molar-refractivity contribution in [2.45, 2.75) is 13.8 Å². The Morgan fingerprint density at radius 1 is 1.35 bits per heavy atom. The molecule has 0 saturated carbocycles. The summed E-state index contributed by atoms with van der Waals surface area (Å²) in [5.41, 5.74) is 6.52. The molecule has 1 aromatic carbocycles. The van der Waals surface area contributed by atoms with E-state index in [9.17, 15) is 9.59 Å². The van der Waals surface area contributed by atoms with Crippen LogP contribution >= 0.6 is 0 Å². The van der Waals surface area contributed by atoms with Crippen molar-refractivity contribution in [2.24, 2.45) is 5.41 Å². The van der Waals surface area contributed by atoms with Crippen LogP contribution in [-0.2, 0) is 9.53 Å². The lowest BCUT2D eigenvalue weighted by atomic mass is 9.92. The second-order valence-corrected chi connectivity index (χ2v) is 5.11. The van der Waals surface area contributed by atoms with E-state index < -0.39 is 11.4 Å². The first kappa shape index (κ1) is 15.8. The normalized spacial score (nSPS) is 10.8. The van der Waals surface area contributed by atoms with Crippen LogP contribution in [0, 0.1) is 5.41 Å². The van der Waals surface area contributed by atoms with Gasteiger partial charge in [-0.05, 0) is 32.0 Å². The van der Waals surface area contributed by atoms with Crippen molar-refractivity contribution in [1.29, 1.82) is 0 Å². The van der Waals surface area contributed by atoms with E-state index in [1.54, 1.807) is 25.2 Å². The predicted octanol–water partition coefficient (Wildman–Crippen LogP) is 1.24. The minimum atomic E-state index is -0.568. The van der Waals surface area contributed by atoms with E-state index in [0.717, 1.165) is 0 Å².